The van der Waals surface area contributed by atoms with E-state index in [1.165, 1.54) is 18.9 Å². The van der Waals surface area contributed by atoms with Crippen LogP contribution in [0.5, 0.6) is 0 Å². The average Bonchev–Trinajstić information content (AvgIpc) is 3.32. The predicted molar refractivity (Wildman–Crippen MR) is 81.7 cm³/mol. The molecule has 3 rings (SSSR count). The first-order chi connectivity index (χ1) is 10.2. The van der Waals surface area contributed by atoms with Crippen molar-refractivity contribution in [1.82, 2.24) is 0 Å². The maximum absolute atomic E-state index is 13.4. The van der Waals surface area contributed by atoms with Gasteiger partial charge in [0.2, 0.25) is 0 Å². The summed E-state index contributed by atoms with van der Waals surface area (Å²) in [5.41, 5.74) is 1.98. The summed E-state index contributed by atoms with van der Waals surface area (Å²) in [6.45, 7) is 0. The smallest absolute Gasteiger partial charge is 0.141 e. The Hall–Kier alpha value is -2.05. The van der Waals surface area contributed by atoms with Crippen molar-refractivity contribution in [3.63, 3.8) is 0 Å². The Balaban J connectivity index is 1.86. The fourth-order valence-corrected chi connectivity index (χ4v) is 2.58. The van der Waals surface area contributed by atoms with Crippen molar-refractivity contribution in [2.24, 2.45) is 5.92 Å². The topological polar surface area (TPSA) is 35.8 Å². The lowest BCUT2D eigenvalue weighted by atomic mass is 10.0. The van der Waals surface area contributed by atoms with Crippen molar-refractivity contribution in [2.45, 2.75) is 18.9 Å². The summed E-state index contributed by atoms with van der Waals surface area (Å²) in [5.74, 6) is 0.0827. The minimum Gasteiger partial charge on any atom is -0.378 e. The van der Waals surface area contributed by atoms with Gasteiger partial charge >= 0.3 is 0 Å². The molecule has 2 nitrogen and oxygen atoms in total. The van der Waals surface area contributed by atoms with E-state index in [2.05, 4.69) is 5.32 Å². The number of rotatable bonds is 4. The van der Waals surface area contributed by atoms with Gasteiger partial charge < -0.3 is 5.32 Å². The standard InChI is InChI=1S/C17H14ClFN2/c18-14-5-3-12(4-6-14)17(11-1-2-11)21-15-7-8-16(19)13(9-15)10-20/h3-9,11,17,21H,1-2H2. The highest BCUT2D eigenvalue weighted by molar-refractivity contribution is 6.30. The van der Waals surface area contributed by atoms with E-state index in [1.54, 1.807) is 12.1 Å². The minimum absolute atomic E-state index is 0.0608. The van der Waals surface area contributed by atoms with Crippen LogP contribution in [0.25, 0.3) is 0 Å². The van der Waals surface area contributed by atoms with E-state index in [1.807, 2.05) is 30.3 Å². The van der Waals surface area contributed by atoms with Crippen LogP contribution in [0.3, 0.4) is 0 Å². The van der Waals surface area contributed by atoms with Crippen LogP contribution in [0, 0.1) is 23.1 Å². The first-order valence-electron chi connectivity index (χ1n) is 6.89. The lowest BCUT2D eigenvalue weighted by Crippen LogP contribution is -2.13. The van der Waals surface area contributed by atoms with Crippen molar-refractivity contribution in [3.05, 3.63) is 64.4 Å². The molecule has 106 valence electrons. The zero-order chi connectivity index (χ0) is 14.8. The number of nitriles is 1. The van der Waals surface area contributed by atoms with Gasteiger partial charge in [-0.2, -0.15) is 5.26 Å². The van der Waals surface area contributed by atoms with Gasteiger partial charge in [-0.15, -0.1) is 0 Å². The second-order valence-electron chi connectivity index (χ2n) is 5.32. The number of halogens is 2. The molecule has 1 N–H and O–H groups in total. The van der Waals surface area contributed by atoms with Crippen LogP contribution < -0.4 is 5.32 Å². The highest BCUT2D eigenvalue weighted by Crippen LogP contribution is 2.43. The first-order valence-corrected chi connectivity index (χ1v) is 7.27. The second kappa shape index (κ2) is 5.75. The van der Waals surface area contributed by atoms with Crippen molar-refractivity contribution >= 4 is 17.3 Å². The molecular formula is C17H14ClFN2. The van der Waals surface area contributed by atoms with E-state index in [9.17, 15) is 4.39 Å². The van der Waals surface area contributed by atoms with Crippen LogP contribution in [0.4, 0.5) is 10.1 Å². The van der Waals surface area contributed by atoms with Gasteiger partial charge in [0.1, 0.15) is 11.9 Å². The monoisotopic (exact) mass is 300 g/mol. The van der Waals surface area contributed by atoms with Crippen LogP contribution in [0.2, 0.25) is 5.02 Å². The number of benzene rings is 2. The lowest BCUT2D eigenvalue weighted by molar-refractivity contribution is 0.623. The van der Waals surface area contributed by atoms with Crippen LogP contribution in [-0.2, 0) is 0 Å². The summed E-state index contributed by atoms with van der Waals surface area (Å²) in [4.78, 5) is 0. The Labute approximate surface area is 128 Å². The summed E-state index contributed by atoms with van der Waals surface area (Å²) >= 11 is 5.93. The molecule has 0 heterocycles. The fraction of sp³-hybridized carbons (Fsp3) is 0.235. The van der Waals surface area contributed by atoms with Crippen molar-refractivity contribution in [1.29, 1.82) is 5.26 Å². The maximum Gasteiger partial charge on any atom is 0.141 e. The van der Waals surface area contributed by atoms with Crippen LogP contribution in [0.15, 0.2) is 42.5 Å². The Morgan fingerprint density at radius 3 is 2.52 bits per heavy atom. The Bertz CT molecular complexity index is 687. The Kier molecular flexibility index (Phi) is 3.81. The zero-order valence-corrected chi connectivity index (χ0v) is 12.1. The highest BCUT2D eigenvalue weighted by atomic mass is 35.5. The van der Waals surface area contributed by atoms with Gasteiger partial charge in [0.05, 0.1) is 11.6 Å². The third-order valence-corrected chi connectivity index (χ3v) is 3.98. The van der Waals surface area contributed by atoms with Gasteiger partial charge in [0.25, 0.3) is 0 Å². The molecule has 1 saturated carbocycles. The first kappa shape index (κ1) is 13.9. The molecule has 4 heteroatoms. The molecule has 0 aromatic heterocycles. The third kappa shape index (κ3) is 3.17. The van der Waals surface area contributed by atoms with Gasteiger partial charge in [0.15, 0.2) is 0 Å². The van der Waals surface area contributed by atoms with Gasteiger partial charge in [0, 0.05) is 10.7 Å². The van der Waals surface area contributed by atoms with E-state index in [0.29, 0.717) is 10.9 Å². The maximum atomic E-state index is 13.4. The third-order valence-electron chi connectivity index (χ3n) is 3.73. The molecule has 2 aromatic carbocycles. The van der Waals surface area contributed by atoms with Crippen molar-refractivity contribution in [2.75, 3.05) is 5.32 Å². The van der Waals surface area contributed by atoms with Gasteiger partial charge in [-0.3, -0.25) is 0 Å². The van der Waals surface area contributed by atoms with Gasteiger partial charge in [-0.05, 0) is 54.7 Å². The summed E-state index contributed by atoms with van der Waals surface area (Å²) in [7, 11) is 0. The number of hydrogen-bond donors (Lipinski definition) is 1. The fourth-order valence-electron chi connectivity index (χ4n) is 2.45. The molecule has 1 aliphatic carbocycles. The minimum atomic E-state index is -0.488. The Morgan fingerprint density at radius 1 is 1.19 bits per heavy atom. The van der Waals surface area contributed by atoms with E-state index in [4.69, 9.17) is 16.9 Å². The molecule has 0 bridgehead atoms. The normalized spacial score (nSPS) is 15.3. The van der Waals surface area contributed by atoms with E-state index < -0.39 is 5.82 Å². The van der Waals surface area contributed by atoms with Crippen LogP contribution >= 0.6 is 11.6 Å². The lowest BCUT2D eigenvalue weighted by Gasteiger charge is -2.20. The molecule has 1 unspecified atom stereocenters. The van der Waals surface area contributed by atoms with Crippen LogP contribution in [-0.4, -0.2) is 0 Å². The molecule has 0 radical (unpaired) electrons. The van der Waals surface area contributed by atoms with Crippen LogP contribution in [0.1, 0.15) is 30.0 Å². The molecule has 1 aliphatic rings. The number of anilines is 1. The average molecular weight is 301 g/mol. The number of nitrogens with zero attached hydrogens (tertiary/aromatic N) is 1. The van der Waals surface area contributed by atoms with Crippen molar-refractivity contribution in [3.8, 4) is 6.07 Å². The summed E-state index contributed by atoms with van der Waals surface area (Å²) in [6, 6.07) is 14.3. The molecule has 2 aromatic rings. The molecule has 0 spiro atoms. The molecular weight excluding hydrogens is 287 g/mol. The summed E-state index contributed by atoms with van der Waals surface area (Å²) in [5, 5.41) is 13.0. The molecule has 0 aliphatic heterocycles. The zero-order valence-electron chi connectivity index (χ0n) is 11.3. The summed E-state index contributed by atoms with van der Waals surface area (Å²) in [6.07, 6.45) is 2.35. The quantitative estimate of drug-likeness (QED) is 0.870. The van der Waals surface area contributed by atoms with E-state index in [0.717, 1.165) is 11.3 Å². The SMILES string of the molecule is N#Cc1cc(NC(c2ccc(Cl)cc2)C2CC2)ccc1F. The molecule has 1 atom stereocenters. The largest absolute Gasteiger partial charge is 0.378 e. The highest BCUT2D eigenvalue weighted by Gasteiger charge is 2.32. The summed E-state index contributed by atoms with van der Waals surface area (Å²) < 4.78 is 13.4. The Morgan fingerprint density at radius 2 is 1.90 bits per heavy atom. The molecule has 1 fully saturated rings. The van der Waals surface area contributed by atoms with E-state index in [-0.39, 0.29) is 11.6 Å². The van der Waals surface area contributed by atoms with Gasteiger partial charge in [-0.25, -0.2) is 4.39 Å². The van der Waals surface area contributed by atoms with Gasteiger partial charge in [-0.1, -0.05) is 23.7 Å². The number of hydrogen-bond acceptors (Lipinski definition) is 2. The number of nitrogens with one attached hydrogen (secondary N) is 1. The molecule has 0 saturated heterocycles. The predicted octanol–water partition coefficient (Wildman–Crippen LogP) is 4.91. The van der Waals surface area contributed by atoms with Crippen molar-refractivity contribution < 1.29 is 4.39 Å². The molecule has 21 heavy (non-hydrogen) atoms. The molecule has 0 amide bonds. The van der Waals surface area contributed by atoms with E-state index >= 15 is 0 Å². The second-order valence-corrected chi connectivity index (χ2v) is 5.75.